The Kier molecular flexibility index (Phi) is 4.69. The Morgan fingerprint density at radius 2 is 2.00 bits per heavy atom. The van der Waals surface area contributed by atoms with Gasteiger partial charge in [0.05, 0.1) is 15.6 Å². The Bertz CT molecular complexity index is 599. The molecule has 0 amide bonds. The maximum Gasteiger partial charge on any atom is 0.318 e. The Morgan fingerprint density at radius 1 is 1.39 bits per heavy atom. The molecule has 0 aromatic heterocycles. The summed E-state index contributed by atoms with van der Waals surface area (Å²) in [6, 6.07) is 2.22. The van der Waals surface area contributed by atoms with Crippen LogP contribution in [0.1, 0.15) is 5.56 Å². The van der Waals surface area contributed by atoms with E-state index in [0.29, 0.717) is 0 Å². The van der Waals surface area contributed by atoms with Crippen molar-refractivity contribution in [3.8, 4) is 0 Å². The van der Waals surface area contributed by atoms with Gasteiger partial charge in [-0.25, -0.2) is 8.42 Å². The first-order chi connectivity index (χ1) is 8.29. The van der Waals surface area contributed by atoms with Crippen LogP contribution in [0.2, 0.25) is 10.0 Å². The van der Waals surface area contributed by atoms with Gasteiger partial charge in [0.15, 0.2) is 0 Å². The minimum atomic E-state index is -4.14. The molecule has 0 saturated heterocycles. The van der Waals surface area contributed by atoms with Crippen LogP contribution in [0.3, 0.4) is 0 Å². The zero-order chi connectivity index (χ0) is 13.9. The number of halogens is 2. The summed E-state index contributed by atoms with van der Waals surface area (Å²) in [6.45, 7) is -0.804. The summed E-state index contributed by atoms with van der Waals surface area (Å²) >= 11 is 11.3. The monoisotopic (exact) mass is 310 g/mol. The van der Waals surface area contributed by atoms with E-state index >= 15 is 0 Å². The van der Waals surface area contributed by atoms with Gasteiger partial charge in [0.2, 0.25) is 16.3 Å². The first kappa shape index (κ1) is 14.9. The van der Waals surface area contributed by atoms with E-state index in [4.69, 9.17) is 28.3 Å². The fraction of sp³-hybridized carbons (Fsp3) is 0.111. The molecule has 0 spiro atoms. The summed E-state index contributed by atoms with van der Waals surface area (Å²) in [4.78, 5) is 20.4. The highest BCUT2D eigenvalue weighted by atomic mass is 35.5. The van der Waals surface area contributed by atoms with Crippen molar-refractivity contribution in [1.82, 2.24) is 4.72 Å². The third kappa shape index (κ3) is 3.20. The second kappa shape index (κ2) is 5.66. The van der Waals surface area contributed by atoms with Crippen LogP contribution < -0.4 is 4.72 Å². The van der Waals surface area contributed by atoms with E-state index in [1.54, 1.807) is 4.72 Å². The van der Waals surface area contributed by atoms with Crippen molar-refractivity contribution in [2.24, 2.45) is 0 Å². The summed E-state index contributed by atoms with van der Waals surface area (Å²) in [5.41, 5.74) is -0.295. The summed E-state index contributed by atoms with van der Waals surface area (Å²) in [7, 11) is -4.14. The molecule has 1 aromatic rings. The number of carbonyl (C=O) groups is 1. The lowest BCUT2D eigenvalue weighted by atomic mass is 10.2. The van der Waals surface area contributed by atoms with Gasteiger partial charge in [-0.1, -0.05) is 23.2 Å². The third-order valence-corrected chi connectivity index (χ3v) is 4.12. The van der Waals surface area contributed by atoms with Crippen molar-refractivity contribution in [1.29, 1.82) is 0 Å². The predicted molar refractivity (Wildman–Crippen MR) is 64.1 cm³/mol. The molecule has 0 unspecified atom stereocenters. The van der Waals surface area contributed by atoms with Crippen LogP contribution in [0, 0.1) is 0 Å². The molecule has 0 aliphatic heterocycles. The number of benzene rings is 1. The van der Waals surface area contributed by atoms with E-state index in [1.165, 1.54) is 6.29 Å². The highest BCUT2D eigenvalue weighted by Crippen LogP contribution is 2.29. The number of aliphatic carboxylic acids is 1. The van der Waals surface area contributed by atoms with Crippen LogP contribution in [-0.2, 0) is 19.6 Å². The molecule has 0 saturated carbocycles. The minimum absolute atomic E-state index is 0.0489. The summed E-state index contributed by atoms with van der Waals surface area (Å²) < 4.78 is 25.2. The molecule has 9 heteroatoms. The number of hydrogen-bond acceptors (Lipinski definition) is 4. The molecule has 0 bridgehead atoms. The lowest BCUT2D eigenvalue weighted by Gasteiger charge is -2.08. The number of carboxylic acid groups (broad SMARTS) is 1. The topological polar surface area (TPSA) is 101 Å². The van der Waals surface area contributed by atoms with Crippen molar-refractivity contribution in [3.05, 3.63) is 27.7 Å². The van der Waals surface area contributed by atoms with Crippen LogP contribution in [0.15, 0.2) is 17.0 Å². The first-order valence-corrected chi connectivity index (χ1v) is 6.61. The lowest BCUT2D eigenvalue weighted by molar-refractivity contribution is -0.135. The zero-order valence-electron chi connectivity index (χ0n) is 8.61. The molecule has 18 heavy (non-hydrogen) atoms. The molecule has 0 heterocycles. The SMILES string of the molecule is O=[C]c1c(Cl)ccc(S(=O)(=O)NCC(=O)O)c1Cl. The Hall–Kier alpha value is -1.15. The maximum absolute atomic E-state index is 11.7. The van der Waals surface area contributed by atoms with Crippen LogP contribution in [0.25, 0.3) is 0 Å². The zero-order valence-corrected chi connectivity index (χ0v) is 10.9. The van der Waals surface area contributed by atoms with Gasteiger partial charge in [-0.3, -0.25) is 9.59 Å². The largest absolute Gasteiger partial charge is 0.480 e. The fourth-order valence-corrected chi connectivity index (χ4v) is 2.88. The van der Waals surface area contributed by atoms with Gasteiger partial charge in [-0.05, 0) is 12.1 Å². The van der Waals surface area contributed by atoms with E-state index < -0.39 is 32.5 Å². The molecule has 0 atom stereocenters. The molecule has 97 valence electrons. The van der Waals surface area contributed by atoms with E-state index in [1.807, 2.05) is 0 Å². The van der Waals surface area contributed by atoms with E-state index in [9.17, 15) is 18.0 Å². The van der Waals surface area contributed by atoms with Gasteiger partial charge in [-0.2, -0.15) is 4.72 Å². The molecule has 6 nitrogen and oxygen atoms in total. The quantitative estimate of drug-likeness (QED) is 0.838. The van der Waals surface area contributed by atoms with Crippen LogP contribution in [0.5, 0.6) is 0 Å². The highest BCUT2D eigenvalue weighted by molar-refractivity contribution is 7.89. The summed E-state index contributed by atoms with van der Waals surface area (Å²) in [5, 5.41) is 7.94. The Balaban J connectivity index is 3.25. The van der Waals surface area contributed by atoms with Gasteiger partial charge in [-0.15, -0.1) is 0 Å². The Morgan fingerprint density at radius 3 is 2.50 bits per heavy atom. The van der Waals surface area contributed by atoms with Crippen molar-refractivity contribution in [2.75, 3.05) is 6.54 Å². The van der Waals surface area contributed by atoms with Crippen LogP contribution in [0.4, 0.5) is 0 Å². The minimum Gasteiger partial charge on any atom is -0.480 e. The second-order valence-corrected chi connectivity index (χ2v) is 5.58. The van der Waals surface area contributed by atoms with E-state index in [-0.39, 0.29) is 10.6 Å². The van der Waals surface area contributed by atoms with Gasteiger partial charge in [0, 0.05) is 0 Å². The fourth-order valence-electron chi connectivity index (χ4n) is 1.07. The molecular weight excluding hydrogens is 305 g/mol. The van der Waals surface area contributed by atoms with E-state index in [2.05, 4.69) is 0 Å². The molecule has 2 N–H and O–H groups in total. The summed E-state index contributed by atoms with van der Waals surface area (Å²) in [6.07, 6.45) is 1.42. The number of rotatable bonds is 5. The van der Waals surface area contributed by atoms with Gasteiger partial charge in [0.25, 0.3) is 0 Å². The number of carboxylic acids is 1. The normalized spacial score (nSPS) is 11.2. The standard InChI is InChI=1S/C9H6Cl2NO5S/c10-6-1-2-7(9(11)5(6)4-13)18(16,17)12-3-8(14)15/h1-2,12H,3H2,(H,14,15). The number of carbonyl (C=O) groups excluding carboxylic acids is 1. The number of nitrogens with one attached hydrogen (secondary N) is 1. The van der Waals surface area contributed by atoms with Gasteiger partial charge in [0.1, 0.15) is 11.4 Å². The van der Waals surface area contributed by atoms with Crippen LogP contribution >= 0.6 is 23.2 Å². The van der Waals surface area contributed by atoms with Gasteiger partial charge >= 0.3 is 5.97 Å². The average molecular weight is 311 g/mol. The first-order valence-electron chi connectivity index (χ1n) is 4.37. The molecule has 0 aliphatic rings. The van der Waals surface area contributed by atoms with Crippen molar-refractivity contribution >= 4 is 45.5 Å². The number of hydrogen-bond donors (Lipinski definition) is 2. The molecular formula is C9H6Cl2NO5S. The van der Waals surface area contributed by atoms with Crippen LogP contribution in [-0.4, -0.2) is 32.3 Å². The Labute approximate surface area is 113 Å². The predicted octanol–water partition coefficient (Wildman–Crippen LogP) is 0.814. The van der Waals surface area contributed by atoms with Crippen molar-refractivity contribution < 1.29 is 23.1 Å². The highest BCUT2D eigenvalue weighted by Gasteiger charge is 2.22. The smallest absolute Gasteiger partial charge is 0.318 e. The maximum atomic E-state index is 11.7. The third-order valence-electron chi connectivity index (χ3n) is 1.86. The average Bonchev–Trinajstić information content (AvgIpc) is 2.27. The molecule has 1 rings (SSSR count). The molecule has 1 radical (unpaired) electrons. The van der Waals surface area contributed by atoms with Gasteiger partial charge < -0.3 is 5.11 Å². The van der Waals surface area contributed by atoms with Crippen molar-refractivity contribution in [2.45, 2.75) is 4.90 Å². The van der Waals surface area contributed by atoms with Crippen molar-refractivity contribution in [3.63, 3.8) is 0 Å². The van der Waals surface area contributed by atoms with E-state index in [0.717, 1.165) is 12.1 Å². The molecule has 1 aromatic carbocycles. The lowest BCUT2D eigenvalue weighted by Crippen LogP contribution is -2.29. The second-order valence-electron chi connectivity index (χ2n) is 3.05. The molecule has 0 fully saturated rings. The summed E-state index contributed by atoms with van der Waals surface area (Å²) in [5.74, 6) is -1.36. The molecule has 0 aliphatic carbocycles. The number of sulfonamides is 1.